The first-order chi connectivity index (χ1) is 11.1. The van der Waals surface area contributed by atoms with Crippen LogP contribution in [-0.4, -0.2) is 54.4 Å². The van der Waals surface area contributed by atoms with Crippen molar-refractivity contribution in [3.63, 3.8) is 0 Å². The van der Waals surface area contributed by atoms with E-state index in [9.17, 15) is 14.7 Å². The van der Waals surface area contributed by atoms with Crippen molar-refractivity contribution in [2.75, 3.05) is 25.5 Å². The highest BCUT2D eigenvalue weighted by Gasteiger charge is 2.31. The molecule has 0 spiro atoms. The van der Waals surface area contributed by atoms with Crippen LogP contribution in [0.4, 0.5) is 10.5 Å². The molecule has 1 amide bonds. The van der Waals surface area contributed by atoms with E-state index in [0.29, 0.717) is 6.54 Å². The number of carbonyl (C=O) groups excluding carboxylic acids is 1. The summed E-state index contributed by atoms with van der Waals surface area (Å²) in [5.41, 5.74) is 1.25. The Morgan fingerprint density at radius 1 is 1.29 bits per heavy atom. The Kier molecular flexibility index (Phi) is 5.18. The van der Waals surface area contributed by atoms with Gasteiger partial charge in [0.25, 0.3) is 0 Å². The van der Waals surface area contributed by atoms with Crippen LogP contribution in [0.5, 0.6) is 0 Å². The minimum atomic E-state index is -0.963. The summed E-state index contributed by atoms with van der Waals surface area (Å²) in [5.74, 6) is -0.963. The van der Waals surface area contributed by atoms with Crippen LogP contribution in [0.25, 0.3) is 0 Å². The number of likely N-dealkylation sites (N-methyl/N-ethyl adjacent to an activating group) is 1. The zero-order valence-corrected chi connectivity index (χ0v) is 15.0. The van der Waals surface area contributed by atoms with Crippen LogP contribution in [0.1, 0.15) is 43.1 Å². The smallest absolute Gasteiger partial charge is 0.414 e. The molecule has 0 aromatic heterocycles. The number of anilines is 1. The van der Waals surface area contributed by atoms with Gasteiger partial charge in [0.15, 0.2) is 0 Å². The fourth-order valence-electron chi connectivity index (χ4n) is 2.82. The van der Waals surface area contributed by atoms with Crippen molar-refractivity contribution < 1.29 is 19.4 Å². The van der Waals surface area contributed by atoms with Gasteiger partial charge in [-0.25, -0.2) is 9.59 Å². The molecule has 6 heteroatoms. The molecule has 1 aromatic carbocycles. The van der Waals surface area contributed by atoms with Gasteiger partial charge in [-0.2, -0.15) is 0 Å². The summed E-state index contributed by atoms with van der Waals surface area (Å²) in [6.07, 6.45) is 1.17. The Labute approximate surface area is 143 Å². The first-order valence-corrected chi connectivity index (χ1v) is 8.11. The average molecular weight is 334 g/mol. The van der Waals surface area contributed by atoms with Gasteiger partial charge in [0.2, 0.25) is 0 Å². The molecular weight excluding hydrogens is 308 g/mol. The number of aryl methyl sites for hydroxylation is 1. The van der Waals surface area contributed by atoms with E-state index in [4.69, 9.17) is 4.74 Å². The molecule has 1 atom stereocenters. The fourth-order valence-corrected chi connectivity index (χ4v) is 2.82. The third-order valence-corrected chi connectivity index (χ3v) is 4.10. The molecule has 0 saturated heterocycles. The Morgan fingerprint density at radius 2 is 1.96 bits per heavy atom. The summed E-state index contributed by atoms with van der Waals surface area (Å²) in [6, 6.07) is 5.08. The molecule has 1 aliphatic heterocycles. The van der Waals surface area contributed by atoms with Crippen molar-refractivity contribution in [3.8, 4) is 0 Å². The second-order valence-electron chi connectivity index (χ2n) is 7.40. The van der Waals surface area contributed by atoms with Crippen LogP contribution in [-0.2, 0) is 11.2 Å². The summed E-state index contributed by atoms with van der Waals surface area (Å²) in [6.45, 7) is 6.02. The quantitative estimate of drug-likeness (QED) is 0.900. The minimum absolute atomic E-state index is 0.179. The summed E-state index contributed by atoms with van der Waals surface area (Å²) in [7, 11) is 3.97. The number of aromatic carboxylic acids is 1. The lowest BCUT2D eigenvalue weighted by molar-refractivity contribution is 0.0571. The number of hydrogen-bond donors (Lipinski definition) is 1. The minimum Gasteiger partial charge on any atom is -0.478 e. The number of amides is 1. The topological polar surface area (TPSA) is 70.1 Å². The number of benzene rings is 1. The third-order valence-electron chi connectivity index (χ3n) is 4.10. The molecule has 0 radical (unpaired) electrons. The van der Waals surface area contributed by atoms with Gasteiger partial charge in [-0.15, -0.1) is 0 Å². The molecule has 6 nitrogen and oxygen atoms in total. The van der Waals surface area contributed by atoms with E-state index in [1.807, 2.05) is 34.9 Å². The highest BCUT2D eigenvalue weighted by Crippen LogP contribution is 2.30. The van der Waals surface area contributed by atoms with Gasteiger partial charge >= 0.3 is 12.1 Å². The molecule has 1 unspecified atom stereocenters. The Morgan fingerprint density at radius 3 is 2.50 bits per heavy atom. The van der Waals surface area contributed by atoms with Gasteiger partial charge in [0.05, 0.1) is 11.3 Å². The van der Waals surface area contributed by atoms with E-state index in [-0.39, 0.29) is 11.6 Å². The lowest BCUT2D eigenvalue weighted by Crippen LogP contribution is -2.44. The monoisotopic (exact) mass is 334 g/mol. The maximum absolute atomic E-state index is 12.7. The van der Waals surface area contributed by atoms with Crippen LogP contribution in [0.3, 0.4) is 0 Å². The molecule has 2 rings (SSSR count). The molecule has 1 aliphatic rings. The fraction of sp³-hybridized carbons (Fsp3) is 0.556. The number of ether oxygens (including phenoxy) is 1. The number of hydrogen-bond acceptors (Lipinski definition) is 4. The number of carboxylic acids is 1. The molecule has 0 fully saturated rings. The van der Waals surface area contributed by atoms with E-state index in [2.05, 4.69) is 4.90 Å². The molecular formula is C18H26N2O4. The lowest BCUT2D eigenvalue weighted by Gasteiger charge is -2.31. The Bertz CT molecular complexity index is 634. The number of rotatable bonds is 2. The summed E-state index contributed by atoms with van der Waals surface area (Å²) >= 11 is 0. The molecule has 1 heterocycles. The van der Waals surface area contributed by atoms with Crippen LogP contribution < -0.4 is 4.90 Å². The molecule has 0 bridgehead atoms. The van der Waals surface area contributed by atoms with Crippen molar-refractivity contribution in [2.24, 2.45) is 0 Å². The normalized spacial score (nSPS) is 18.1. The van der Waals surface area contributed by atoms with E-state index in [1.54, 1.807) is 17.0 Å². The van der Waals surface area contributed by atoms with E-state index < -0.39 is 17.7 Å². The van der Waals surface area contributed by atoms with Crippen molar-refractivity contribution in [2.45, 2.75) is 45.3 Å². The van der Waals surface area contributed by atoms with Gasteiger partial charge in [-0.1, -0.05) is 0 Å². The molecule has 24 heavy (non-hydrogen) atoms. The summed E-state index contributed by atoms with van der Waals surface area (Å²) < 4.78 is 5.55. The molecule has 1 N–H and O–H groups in total. The largest absolute Gasteiger partial charge is 0.478 e. The van der Waals surface area contributed by atoms with E-state index >= 15 is 0 Å². The predicted octanol–water partition coefficient (Wildman–Crippen LogP) is 3.00. The highest BCUT2D eigenvalue weighted by atomic mass is 16.6. The first kappa shape index (κ1) is 18.3. The molecule has 0 saturated carbocycles. The zero-order chi connectivity index (χ0) is 18.1. The second kappa shape index (κ2) is 6.81. The lowest BCUT2D eigenvalue weighted by atomic mass is 10.0. The molecule has 132 valence electrons. The van der Waals surface area contributed by atoms with Crippen LogP contribution >= 0.6 is 0 Å². The SMILES string of the molecule is CN(C)C1CCc2cc(C(=O)O)ccc2N(C(=O)OC(C)(C)C)C1. The highest BCUT2D eigenvalue weighted by molar-refractivity contribution is 5.92. The van der Waals surface area contributed by atoms with Crippen LogP contribution in [0.2, 0.25) is 0 Å². The number of fused-ring (bicyclic) bond motifs is 1. The Balaban J connectivity index is 2.42. The number of carbonyl (C=O) groups is 2. The summed E-state index contributed by atoms with van der Waals surface area (Å²) in [4.78, 5) is 27.6. The van der Waals surface area contributed by atoms with Crippen molar-refractivity contribution in [1.82, 2.24) is 4.90 Å². The number of nitrogens with zero attached hydrogens (tertiary/aromatic N) is 2. The van der Waals surface area contributed by atoms with Gasteiger partial charge in [0.1, 0.15) is 5.60 Å². The standard InChI is InChI=1S/C18H26N2O4/c1-18(2,3)24-17(23)20-11-14(19(4)5)8-6-12-10-13(16(21)22)7-9-15(12)20/h7,9-10,14H,6,8,11H2,1-5H3,(H,21,22). The zero-order valence-electron chi connectivity index (χ0n) is 15.0. The van der Waals surface area contributed by atoms with E-state index in [1.165, 1.54) is 6.07 Å². The second-order valence-corrected chi connectivity index (χ2v) is 7.40. The van der Waals surface area contributed by atoms with Gasteiger partial charge in [-0.3, -0.25) is 4.90 Å². The van der Waals surface area contributed by atoms with E-state index in [0.717, 1.165) is 24.1 Å². The Hall–Kier alpha value is -2.08. The maximum Gasteiger partial charge on any atom is 0.414 e. The van der Waals surface area contributed by atoms with Gasteiger partial charge < -0.3 is 14.7 Å². The molecule has 1 aromatic rings. The van der Waals surface area contributed by atoms with Crippen molar-refractivity contribution in [3.05, 3.63) is 29.3 Å². The summed E-state index contributed by atoms with van der Waals surface area (Å²) in [5, 5.41) is 9.21. The van der Waals surface area contributed by atoms with Gasteiger partial charge in [-0.05, 0) is 71.5 Å². The van der Waals surface area contributed by atoms with Gasteiger partial charge in [0, 0.05) is 12.6 Å². The van der Waals surface area contributed by atoms with Crippen molar-refractivity contribution >= 4 is 17.7 Å². The molecule has 0 aliphatic carbocycles. The third kappa shape index (κ3) is 4.26. The maximum atomic E-state index is 12.7. The first-order valence-electron chi connectivity index (χ1n) is 8.11. The average Bonchev–Trinajstić information content (AvgIpc) is 2.64. The van der Waals surface area contributed by atoms with Crippen molar-refractivity contribution in [1.29, 1.82) is 0 Å². The van der Waals surface area contributed by atoms with Crippen LogP contribution in [0.15, 0.2) is 18.2 Å². The van der Waals surface area contributed by atoms with Crippen LogP contribution in [0, 0.1) is 0 Å². The number of carboxylic acid groups (broad SMARTS) is 1. The predicted molar refractivity (Wildman–Crippen MR) is 92.8 cm³/mol.